The lowest BCUT2D eigenvalue weighted by Crippen LogP contribution is -1.99. The molecule has 0 rings (SSSR count). The van der Waals surface area contributed by atoms with Gasteiger partial charge in [-0.25, -0.2) is 0 Å². The van der Waals surface area contributed by atoms with Crippen LogP contribution in [0.2, 0.25) is 0 Å². The number of hydrogen-bond acceptors (Lipinski definition) is 1. The summed E-state index contributed by atoms with van der Waals surface area (Å²) in [5.74, 6) is 0. The summed E-state index contributed by atoms with van der Waals surface area (Å²) in [6, 6.07) is 0. The van der Waals surface area contributed by atoms with Crippen LogP contribution in [-0.2, 0) is 4.74 Å². The quantitative estimate of drug-likeness (QED) is 0.544. The Balaban J connectivity index is -0.000000125. The maximum Gasteiger partial charge on any atom is 0.0518 e. The summed E-state index contributed by atoms with van der Waals surface area (Å²) in [5.41, 5.74) is 0. The zero-order chi connectivity index (χ0) is 4.99. The van der Waals surface area contributed by atoms with E-state index < -0.39 is 0 Å². The molecule has 0 spiro atoms. The fourth-order valence-corrected chi connectivity index (χ4v) is 0.333. The Morgan fingerprint density at radius 1 is 1.25 bits per heavy atom. The molecule has 0 unspecified atom stereocenters. The van der Waals surface area contributed by atoms with E-state index in [0.717, 1.165) is 6.61 Å². The van der Waals surface area contributed by atoms with Crippen LogP contribution < -0.4 is 0 Å². The largest absolute Gasteiger partial charge is 0.379 e. The third-order valence-corrected chi connectivity index (χ3v) is 0.500. The zero-order valence-corrected chi connectivity index (χ0v) is 4.69. The van der Waals surface area contributed by atoms with Gasteiger partial charge in [0.1, 0.15) is 0 Å². The fourth-order valence-electron chi connectivity index (χ4n) is 0.333. The predicted octanol–water partition coefficient (Wildman–Crippen LogP) is 2.70. The first-order valence-electron chi connectivity index (χ1n) is 2.39. The SMILES string of the molecule is C.C.CCOC(C)C. The number of ether oxygens (including phenoxy) is 1. The van der Waals surface area contributed by atoms with Gasteiger partial charge in [0.25, 0.3) is 0 Å². The standard InChI is InChI=1S/C5H12O.2CH4/c1-4-6-5(2)3;;/h5H,4H2,1-3H3;2*1H4. The van der Waals surface area contributed by atoms with E-state index in [4.69, 9.17) is 4.74 Å². The Morgan fingerprint density at radius 2 is 1.62 bits per heavy atom. The third kappa shape index (κ3) is 16.7. The molecule has 0 N–H and O–H groups in total. The monoisotopic (exact) mass is 120 g/mol. The summed E-state index contributed by atoms with van der Waals surface area (Å²) >= 11 is 0. The lowest BCUT2D eigenvalue weighted by Gasteiger charge is -2.00. The van der Waals surface area contributed by atoms with E-state index >= 15 is 0 Å². The molecule has 0 aliphatic carbocycles. The molecule has 0 saturated carbocycles. The molecule has 8 heavy (non-hydrogen) atoms. The van der Waals surface area contributed by atoms with Crippen molar-refractivity contribution in [2.24, 2.45) is 0 Å². The highest BCUT2D eigenvalue weighted by atomic mass is 16.5. The van der Waals surface area contributed by atoms with Gasteiger partial charge in [0.15, 0.2) is 0 Å². The molecule has 0 aliphatic rings. The molecule has 0 aliphatic heterocycles. The third-order valence-electron chi connectivity index (χ3n) is 0.500. The first kappa shape index (κ1) is 15.7. The van der Waals surface area contributed by atoms with Crippen LogP contribution in [-0.4, -0.2) is 12.7 Å². The Kier molecular flexibility index (Phi) is 19.7. The molecule has 0 aromatic heterocycles. The van der Waals surface area contributed by atoms with Crippen LogP contribution in [0, 0.1) is 0 Å². The molecule has 0 bridgehead atoms. The Hall–Kier alpha value is -0.0400. The van der Waals surface area contributed by atoms with E-state index in [0.29, 0.717) is 6.10 Å². The van der Waals surface area contributed by atoms with Crippen LogP contribution in [0.4, 0.5) is 0 Å². The second-order valence-electron chi connectivity index (χ2n) is 1.50. The van der Waals surface area contributed by atoms with Gasteiger partial charge in [-0.15, -0.1) is 0 Å². The topological polar surface area (TPSA) is 9.23 Å². The Morgan fingerprint density at radius 3 is 1.62 bits per heavy atom. The highest BCUT2D eigenvalue weighted by Crippen LogP contribution is 1.83. The highest BCUT2D eigenvalue weighted by Gasteiger charge is 1.83. The summed E-state index contributed by atoms with van der Waals surface area (Å²) in [4.78, 5) is 0. The average molecular weight is 120 g/mol. The molecule has 0 aromatic rings. The Bertz CT molecular complexity index is 25.6. The van der Waals surface area contributed by atoms with Gasteiger partial charge < -0.3 is 4.74 Å². The van der Waals surface area contributed by atoms with Crippen molar-refractivity contribution in [2.45, 2.75) is 41.7 Å². The van der Waals surface area contributed by atoms with Gasteiger partial charge in [-0.3, -0.25) is 0 Å². The lowest BCUT2D eigenvalue weighted by atomic mass is 10.5. The predicted molar refractivity (Wildman–Crippen MR) is 40.2 cm³/mol. The molecule has 1 nitrogen and oxygen atoms in total. The minimum absolute atomic E-state index is 0. The first-order valence-corrected chi connectivity index (χ1v) is 2.39. The smallest absolute Gasteiger partial charge is 0.0518 e. The molecule has 0 amide bonds. The maximum atomic E-state index is 5.04. The van der Waals surface area contributed by atoms with Crippen LogP contribution in [0.5, 0.6) is 0 Å². The maximum absolute atomic E-state index is 5.04. The lowest BCUT2D eigenvalue weighted by molar-refractivity contribution is 0.0899. The average Bonchev–Trinajstić information content (AvgIpc) is 1.35. The minimum Gasteiger partial charge on any atom is -0.379 e. The van der Waals surface area contributed by atoms with Gasteiger partial charge in [0, 0.05) is 6.61 Å². The molecule has 0 saturated heterocycles. The van der Waals surface area contributed by atoms with Gasteiger partial charge >= 0.3 is 0 Å². The molecular weight excluding hydrogens is 100 g/mol. The van der Waals surface area contributed by atoms with Crippen molar-refractivity contribution >= 4 is 0 Å². The van der Waals surface area contributed by atoms with E-state index in [-0.39, 0.29) is 14.9 Å². The van der Waals surface area contributed by atoms with Crippen LogP contribution >= 0.6 is 0 Å². The first-order chi connectivity index (χ1) is 2.77. The van der Waals surface area contributed by atoms with Crippen molar-refractivity contribution in [3.05, 3.63) is 0 Å². The van der Waals surface area contributed by atoms with Crippen LogP contribution in [0.25, 0.3) is 0 Å². The summed E-state index contributed by atoms with van der Waals surface area (Å²) < 4.78 is 5.04. The van der Waals surface area contributed by atoms with E-state index in [2.05, 4.69) is 0 Å². The van der Waals surface area contributed by atoms with Crippen molar-refractivity contribution < 1.29 is 4.74 Å². The van der Waals surface area contributed by atoms with Crippen LogP contribution in [0.15, 0.2) is 0 Å². The zero-order valence-electron chi connectivity index (χ0n) is 4.69. The molecule has 0 fully saturated rings. The van der Waals surface area contributed by atoms with E-state index in [1.54, 1.807) is 0 Å². The van der Waals surface area contributed by atoms with Gasteiger partial charge in [-0.2, -0.15) is 0 Å². The van der Waals surface area contributed by atoms with Gasteiger partial charge in [0.2, 0.25) is 0 Å². The molecule has 0 aromatic carbocycles. The van der Waals surface area contributed by atoms with Gasteiger partial charge in [-0.1, -0.05) is 14.9 Å². The molecule has 54 valence electrons. The second-order valence-corrected chi connectivity index (χ2v) is 1.50. The summed E-state index contributed by atoms with van der Waals surface area (Å²) in [7, 11) is 0. The van der Waals surface area contributed by atoms with E-state index in [1.807, 2.05) is 20.8 Å². The molecule has 0 radical (unpaired) electrons. The Labute approximate surface area is 54.1 Å². The summed E-state index contributed by atoms with van der Waals surface area (Å²) in [5, 5.41) is 0. The van der Waals surface area contributed by atoms with Crippen LogP contribution in [0.1, 0.15) is 35.6 Å². The number of rotatable bonds is 2. The van der Waals surface area contributed by atoms with Crippen molar-refractivity contribution in [2.75, 3.05) is 6.61 Å². The van der Waals surface area contributed by atoms with Crippen molar-refractivity contribution in [1.29, 1.82) is 0 Å². The van der Waals surface area contributed by atoms with Crippen LogP contribution in [0.3, 0.4) is 0 Å². The highest BCUT2D eigenvalue weighted by molar-refractivity contribution is 4.30. The molecule has 0 heterocycles. The molecule has 0 atom stereocenters. The van der Waals surface area contributed by atoms with Crippen molar-refractivity contribution in [3.8, 4) is 0 Å². The van der Waals surface area contributed by atoms with E-state index in [9.17, 15) is 0 Å². The van der Waals surface area contributed by atoms with Gasteiger partial charge in [-0.05, 0) is 20.8 Å². The molecule has 1 heteroatoms. The van der Waals surface area contributed by atoms with Crippen molar-refractivity contribution in [1.82, 2.24) is 0 Å². The normalized spacial score (nSPS) is 7.50. The van der Waals surface area contributed by atoms with Gasteiger partial charge in [0.05, 0.1) is 6.10 Å². The fraction of sp³-hybridized carbons (Fsp3) is 1.00. The summed E-state index contributed by atoms with van der Waals surface area (Å²) in [6.45, 7) is 6.89. The van der Waals surface area contributed by atoms with E-state index in [1.165, 1.54) is 0 Å². The summed E-state index contributed by atoms with van der Waals surface area (Å²) in [6.07, 6.45) is 0.398. The minimum atomic E-state index is 0. The second kappa shape index (κ2) is 10.0. The van der Waals surface area contributed by atoms with Crippen molar-refractivity contribution in [3.63, 3.8) is 0 Å². The number of hydrogen-bond donors (Lipinski definition) is 0. The molecular formula is C7H20O.